The molecule has 1 atom stereocenters. The molecule has 5 nitrogen and oxygen atoms in total. The average molecular weight is 299 g/mol. The molecule has 1 aromatic heterocycles. The van der Waals surface area contributed by atoms with E-state index in [0.717, 1.165) is 16.8 Å². The Morgan fingerprint density at radius 1 is 1.23 bits per heavy atom. The predicted molar refractivity (Wildman–Crippen MR) is 84.2 cm³/mol. The summed E-state index contributed by atoms with van der Waals surface area (Å²) in [6.07, 6.45) is 2.28. The van der Waals surface area contributed by atoms with Crippen molar-refractivity contribution in [2.45, 2.75) is 12.2 Å². The molecule has 22 heavy (non-hydrogen) atoms. The number of hydrogen-bond acceptors (Lipinski definition) is 5. The van der Waals surface area contributed by atoms with E-state index in [1.807, 2.05) is 18.2 Å². The fourth-order valence-corrected chi connectivity index (χ4v) is 2.69. The van der Waals surface area contributed by atoms with Crippen LogP contribution in [0.1, 0.15) is 11.5 Å². The molecular formula is C16H18BNO4. The van der Waals surface area contributed by atoms with Gasteiger partial charge in [-0.25, -0.2) is 0 Å². The Balaban J connectivity index is 1.92. The molecule has 0 bridgehead atoms. The van der Waals surface area contributed by atoms with E-state index in [9.17, 15) is 5.02 Å². The van der Waals surface area contributed by atoms with Crippen molar-refractivity contribution in [3.8, 4) is 22.8 Å². The summed E-state index contributed by atoms with van der Waals surface area (Å²) in [5.41, 5.74) is 2.96. The first kappa shape index (κ1) is 14.9. The summed E-state index contributed by atoms with van der Waals surface area (Å²) in [7, 11) is 2.54. The number of methoxy groups -OCH3 is 2. The Morgan fingerprint density at radius 2 is 2.05 bits per heavy atom. The van der Waals surface area contributed by atoms with E-state index in [-0.39, 0.29) is 5.92 Å². The van der Waals surface area contributed by atoms with Gasteiger partial charge in [-0.1, -0.05) is 18.2 Å². The molecule has 0 radical (unpaired) electrons. The Bertz CT molecular complexity index is 664. The van der Waals surface area contributed by atoms with E-state index >= 15 is 0 Å². The van der Waals surface area contributed by atoms with Crippen LogP contribution in [0.25, 0.3) is 11.3 Å². The Labute approximate surface area is 130 Å². The predicted octanol–water partition coefficient (Wildman–Crippen LogP) is 2.36. The van der Waals surface area contributed by atoms with Crippen LogP contribution in [0.5, 0.6) is 11.5 Å². The molecule has 114 valence electrons. The molecule has 1 fully saturated rings. The number of nitrogens with zero attached hydrogens (tertiary/aromatic N) is 1. The summed E-state index contributed by atoms with van der Waals surface area (Å²) < 4.78 is 15.8. The lowest BCUT2D eigenvalue weighted by atomic mass is 9.79. The Morgan fingerprint density at radius 3 is 2.73 bits per heavy atom. The zero-order valence-corrected chi connectivity index (χ0v) is 12.7. The molecular weight excluding hydrogens is 281 g/mol. The minimum absolute atomic E-state index is 0.218. The van der Waals surface area contributed by atoms with Crippen LogP contribution in [0.4, 0.5) is 0 Å². The fourth-order valence-electron chi connectivity index (χ4n) is 2.69. The highest BCUT2D eigenvalue weighted by molar-refractivity contribution is 6.43. The highest BCUT2D eigenvalue weighted by Gasteiger charge is 2.29. The van der Waals surface area contributed by atoms with Gasteiger partial charge in [0.05, 0.1) is 26.1 Å². The van der Waals surface area contributed by atoms with Crippen LogP contribution in [0.15, 0.2) is 36.5 Å². The summed E-state index contributed by atoms with van der Waals surface area (Å²) >= 11 is 0. The van der Waals surface area contributed by atoms with Gasteiger partial charge in [0, 0.05) is 24.2 Å². The quantitative estimate of drug-likeness (QED) is 0.878. The third kappa shape index (κ3) is 2.93. The largest absolute Gasteiger partial charge is 0.493 e. The van der Waals surface area contributed by atoms with Gasteiger partial charge in [0.1, 0.15) is 0 Å². The van der Waals surface area contributed by atoms with Crippen LogP contribution in [0, 0.1) is 0 Å². The maximum absolute atomic E-state index is 9.51. The molecule has 0 unspecified atom stereocenters. The lowest BCUT2D eigenvalue weighted by Crippen LogP contribution is -2.07. The minimum Gasteiger partial charge on any atom is -0.493 e. The Kier molecular flexibility index (Phi) is 4.31. The van der Waals surface area contributed by atoms with E-state index < -0.39 is 7.12 Å². The van der Waals surface area contributed by atoms with E-state index in [2.05, 4.69) is 17.1 Å². The fraction of sp³-hybridized carbons (Fsp3) is 0.312. The van der Waals surface area contributed by atoms with Crippen LogP contribution in [-0.4, -0.2) is 38.0 Å². The van der Waals surface area contributed by atoms with Gasteiger partial charge in [-0.2, -0.15) is 0 Å². The first-order chi connectivity index (χ1) is 10.7. The zero-order valence-electron chi connectivity index (χ0n) is 12.7. The topological polar surface area (TPSA) is 60.8 Å². The maximum Gasteiger partial charge on any atom is 0.454 e. The number of rotatable bonds is 4. The number of ether oxygens (including phenoxy) is 2. The molecule has 1 saturated heterocycles. The summed E-state index contributed by atoms with van der Waals surface area (Å²) in [4.78, 5) is 4.43. The molecule has 1 aliphatic heterocycles. The molecule has 0 spiro atoms. The lowest BCUT2D eigenvalue weighted by Gasteiger charge is -2.12. The van der Waals surface area contributed by atoms with Crippen LogP contribution < -0.4 is 9.47 Å². The first-order valence-electron chi connectivity index (χ1n) is 7.19. The standard InChI is InChI=1S/C16H18BNO4/c1-20-15-7-14(18-9-16(15)21-2)12-5-3-4-11(6-12)13-8-17(19)22-10-13/h3-7,9,13,19H,8,10H2,1-2H3/t13-/m0/s1. The second-order valence-corrected chi connectivity index (χ2v) is 5.27. The van der Waals surface area contributed by atoms with Gasteiger partial charge < -0.3 is 19.2 Å². The molecule has 1 N–H and O–H groups in total. The number of aromatic nitrogens is 1. The van der Waals surface area contributed by atoms with Crippen molar-refractivity contribution in [2.24, 2.45) is 0 Å². The summed E-state index contributed by atoms with van der Waals surface area (Å²) in [6.45, 7) is 0.546. The van der Waals surface area contributed by atoms with Crippen molar-refractivity contribution in [2.75, 3.05) is 20.8 Å². The molecule has 3 rings (SSSR count). The zero-order chi connectivity index (χ0) is 15.5. The number of pyridine rings is 1. The monoisotopic (exact) mass is 299 g/mol. The van der Waals surface area contributed by atoms with Crippen molar-refractivity contribution < 1.29 is 19.2 Å². The second kappa shape index (κ2) is 6.38. The average Bonchev–Trinajstić information content (AvgIpc) is 3.01. The van der Waals surface area contributed by atoms with Crippen molar-refractivity contribution in [1.29, 1.82) is 0 Å². The first-order valence-corrected chi connectivity index (χ1v) is 7.19. The molecule has 1 aliphatic rings. The van der Waals surface area contributed by atoms with E-state index in [1.165, 1.54) is 0 Å². The summed E-state index contributed by atoms with van der Waals surface area (Å²) in [5.74, 6) is 1.47. The van der Waals surface area contributed by atoms with E-state index in [4.69, 9.17) is 14.1 Å². The van der Waals surface area contributed by atoms with Crippen molar-refractivity contribution in [3.05, 3.63) is 42.1 Å². The summed E-state index contributed by atoms with van der Waals surface area (Å²) in [6, 6.07) is 9.99. The van der Waals surface area contributed by atoms with E-state index in [0.29, 0.717) is 24.4 Å². The SMILES string of the molecule is COc1cnc(-c2cccc([C@@H]3COB(O)C3)c2)cc1OC. The third-order valence-corrected chi connectivity index (χ3v) is 3.90. The second-order valence-electron chi connectivity index (χ2n) is 5.27. The smallest absolute Gasteiger partial charge is 0.454 e. The van der Waals surface area contributed by atoms with Gasteiger partial charge in [0.15, 0.2) is 11.5 Å². The van der Waals surface area contributed by atoms with Crippen LogP contribution >= 0.6 is 0 Å². The van der Waals surface area contributed by atoms with E-state index in [1.54, 1.807) is 20.4 Å². The minimum atomic E-state index is -0.659. The molecule has 0 aliphatic carbocycles. The van der Waals surface area contributed by atoms with Crippen LogP contribution in [0.2, 0.25) is 6.32 Å². The van der Waals surface area contributed by atoms with Gasteiger partial charge in [-0.05, 0) is 17.9 Å². The highest BCUT2D eigenvalue weighted by atomic mass is 16.5. The van der Waals surface area contributed by atoms with Crippen molar-refractivity contribution in [1.82, 2.24) is 4.98 Å². The lowest BCUT2D eigenvalue weighted by molar-refractivity contribution is 0.292. The van der Waals surface area contributed by atoms with Gasteiger partial charge >= 0.3 is 7.12 Å². The highest BCUT2D eigenvalue weighted by Crippen LogP contribution is 2.33. The number of benzene rings is 1. The van der Waals surface area contributed by atoms with Gasteiger partial charge in [-0.3, -0.25) is 4.98 Å². The third-order valence-electron chi connectivity index (χ3n) is 3.90. The molecule has 2 heterocycles. The molecule has 6 heteroatoms. The molecule has 0 amide bonds. The molecule has 1 aromatic carbocycles. The van der Waals surface area contributed by atoms with Gasteiger partial charge in [0.25, 0.3) is 0 Å². The van der Waals surface area contributed by atoms with Gasteiger partial charge in [-0.15, -0.1) is 0 Å². The molecule has 2 aromatic rings. The Hall–Kier alpha value is -2.05. The molecule has 0 saturated carbocycles. The normalized spacial score (nSPS) is 17.6. The van der Waals surface area contributed by atoms with Gasteiger partial charge in [0.2, 0.25) is 0 Å². The van der Waals surface area contributed by atoms with Crippen LogP contribution in [0.3, 0.4) is 0 Å². The maximum atomic E-state index is 9.51. The number of hydrogen-bond donors (Lipinski definition) is 1. The van der Waals surface area contributed by atoms with Crippen molar-refractivity contribution >= 4 is 7.12 Å². The van der Waals surface area contributed by atoms with Crippen LogP contribution in [-0.2, 0) is 4.65 Å². The van der Waals surface area contributed by atoms with Crippen molar-refractivity contribution in [3.63, 3.8) is 0 Å². The summed E-state index contributed by atoms with van der Waals surface area (Å²) in [5, 5.41) is 9.51.